The number of methoxy groups -OCH3 is 3. The summed E-state index contributed by atoms with van der Waals surface area (Å²) in [6.45, 7) is 2.33. The van der Waals surface area contributed by atoms with Crippen LogP contribution in [0.25, 0.3) is 0 Å². The van der Waals surface area contributed by atoms with Crippen LogP contribution in [0.3, 0.4) is 0 Å². The van der Waals surface area contributed by atoms with E-state index in [2.05, 4.69) is 4.99 Å². The number of rotatable bonds is 11. The molecule has 0 aliphatic heterocycles. The van der Waals surface area contributed by atoms with Crippen LogP contribution in [0.5, 0.6) is 23.0 Å². The second kappa shape index (κ2) is 11.7. The van der Waals surface area contributed by atoms with E-state index in [1.165, 1.54) is 6.21 Å². The number of hydrogen-bond donors (Lipinski definition) is 0. The van der Waals surface area contributed by atoms with Gasteiger partial charge in [0.15, 0.2) is 11.5 Å². The molecule has 0 N–H and O–H groups in total. The molecule has 6 nitrogen and oxygen atoms in total. The van der Waals surface area contributed by atoms with Crippen LogP contribution in [0.2, 0.25) is 0 Å². The minimum absolute atomic E-state index is 0.154. The normalized spacial score (nSPS) is 11.8. The lowest BCUT2D eigenvalue weighted by Gasteiger charge is -2.16. The van der Waals surface area contributed by atoms with Crippen LogP contribution in [0.4, 0.5) is 0 Å². The molecule has 1 unspecified atom stereocenters. The van der Waals surface area contributed by atoms with Gasteiger partial charge in [-0.3, -0.25) is 9.79 Å². The first kappa shape index (κ1) is 23.9. The van der Waals surface area contributed by atoms with E-state index >= 15 is 0 Å². The number of hydrogen-bond acceptors (Lipinski definition) is 6. The van der Waals surface area contributed by atoms with E-state index in [9.17, 15) is 4.79 Å². The van der Waals surface area contributed by atoms with Gasteiger partial charge in [-0.1, -0.05) is 48.5 Å². The zero-order valence-electron chi connectivity index (χ0n) is 19.4. The molecule has 33 heavy (non-hydrogen) atoms. The molecular weight excluding hydrogens is 418 g/mol. The van der Waals surface area contributed by atoms with E-state index in [0.29, 0.717) is 41.6 Å². The molecule has 3 aromatic carbocycles. The van der Waals surface area contributed by atoms with Crippen molar-refractivity contribution in [3.8, 4) is 23.0 Å². The molecule has 0 aliphatic carbocycles. The second-order valence-electron chi connectivity index (χ2n) is 7.46. The van der Waals surface area contributed by atoms with Crippen molar-refractivity contribution in [2.75, 3.05) is 21.3 Å². The van der Waals surface area contributed by atoms with Crippen LogP contribution in [0.1, 0.15) is 28.4 Å². The average Bonchev–Trinajstić information content (AvgIpc) is 2.86. The Hall–Kier alpha value is -3.80. The van der Waals surface area contributed by atoms with Crippen molar-refractivity contribution in [1.82, 2.24) is 0 Å². The Morgan fingerprint density at radius 3 is 2.24 bits per heavy atom. The maximum absolute atomic E-state index is 12.9. The summed E-state index contributed by atoms with van der Waals surface area (Å²) < 4.78 is 22.2. The first-order chi connectivity index (χ1) is 16.1. The van der Waals surface area contributed by atoms with Gasteiger partial charge in [0.1, 0.15) is 12.4 Å². The van der Waals surface area contributed by atoms with Crippen molar-refractivity contribution in [1.29, 1.82) is 0 Å². The quantitative estimate of drug-likeness (QED) is 0.299. The molecule has 0 bridgehead atoms. The van der Waals surface area contributed by atoms with Crippen LogP contribution in [-0.4, -0.2) is 39.4 Å². The second-order valence-corrected chi connectivity index (χ2v) is 7.46. The van der Waals surface area contributed by atoms with Gasteiger partial charge in [0.25, 0.3) is 0 Å². The monoisotopic (exact) mass is 447 g/mol. The number of nitrogens with zero attached hydrogens (tertiary/aromatic N) is 1. The fourth-order valence-corrected chi connectivity index (χ4v) is 3.49. The highest BCUT2D eigenvalue weighted by Crippen LogP contribution is 2.40. The van der Waals surface area contributed by atoms with Crippen molar-refractivity contribution in [2.24, 2.45) is 4.99 Å². The highest BCUT2D eigenvalue weighted by Gasteiger charge is 2.17. The SMILES string of the molecule is COc1ccc(CC(C)N=CC(=O)c2ccccc2OCc2ccccc2)c(OC)c1OC. The van der Waals surface area contributed by atoms with E-state index < -0.39 is 0 Å². The van der Waals surface area contributed by atoms with Gasteiger partial charge in [-0.05, 0) is 37.1 Å². The number of ether oxygens (including phenoxy) is 4. The fraction of sp³-hybridized carbons (Fsp3) is 0.259. The van der Waals surface area contributed by atoms with Crippen molar-refractivity contribution in [2.45, 2.75) is 26.0 Å². The predicted octanol–water partition coefficient (Wildman–Crippen LogP) is 5.18. The molecule has 0 fully saturated rings. The number of para-hydroxylation sites is 1. The summed E-state index contributed by atoms with van der Waals surface area (Å²) in [5.41, 5.74) is 2.43. The van der Waals surface area contributed by atoms with Crippen molar-refractivity contribution in [3.05, 3.63) is 83.4 Å². The summed E-state index contributed by atoms with van der Waals surface area (Å²) in [5, 5.41) is 0. The fourth-order valence-electron chi connectivity index (χ4n) is 3.49. The van der Waals surface area contributed by atoms with Gasteiger partial charge in [0, 0.05) is 5.56 Å². The molecule has 0 spiro atoms. The minimum atomic E-state index is -0.204. The summed E-state index contributed by atoms with van der Waals surface area (Å²) in [5.74, 6) is 2.06. The van der Waals surface area contributed by atoms with E-state index in [1.807, 2.05) is 61.5 Å². The average molecular weight is 448 g/mol. The smallest absolute Gasteiger partial charge is 0.207 e. The Balaban J connectivity index is 1.70. The van der Waals surface area contributed by atoms with Crippen molar-refractivity contribution >= 4 is 12.0 Å². The Bertz CT molecular complexity index is 1090. The lowest BCUT2D eigenvalue weighted by molar-refractivity contribution is 0.106. The summed E-state index contributed by atoms with van der Waals surface area (Å²) in [6, 6.07) is 20.6. The standard InChI is InChI=1S/C27H29NO5/c1-19(16-21-14-15-25(30-2)27(32-4)26(21)31-3)28-17-23(29)22-12-8-9-13-24(22)33-18-20-10-6-5-7-11-20/h5-15,17,19H,16,18H2,1-4H3. The molecule has 0 aliphatic rings. The largest absolute Gasteiger partial charge is 0.493 e. The first-order valence-electron chi connectivity index (χ1n) is 10.7. The van der Waals surface area contributed by atoms with E-state index in [0.717, 1.165) is 11.1 Å². The van der Waals surface area contributed by atoms with Gasteiger partial charge in [-0.25, -0.2) is 0 Å². The van der Waals surface area contributed by atoms with E-state index in [-0.39, 0.29) is 11.8 Å². The Labute approximate surface area is 194 Å². The van der Waals surface area contributed by atoms with Crippen LogP contribution in [0.15, 0.2) is 71.7 Å². The zero-order valence-corrected chi connectivity index (χ0v) is 19.4. The summed E-state index contributed by atoms with van der Waals surface area (Å²) in [7, 11) is 4.74. The van der Waals surface area contributed by atoms with Gasteiger partial charge in [-0.2, -0.15) is 0 Å². The third-order valence-electron chi connectivity index (χ3n) is 5.14. The molecule has 0 heterocycles. The topological polar surface area (TPSA) is 66.4 Å². The van der Waals surface area contributed by atoms with Gasteiger partial charge >= 0.3 is 0 Å². The summed E-state index contributed by atoms with van der Waals surface area (Å²) in [6.07, 6.45) is 1.93. The molecule has 3 aromatic rings. The van der Waals surface area contributed by atoms with Crippen LogP contribution < -0.4 is 18.9 Å². The molecule has 172 valence electrons. The number of carbonyl (C=O) groups is 1. The van der Waals surface area contributed by atoms with Crippen LogP contribution in [0, 0.1) is 0 Å². The van der Waals surface area contributed by atoms with Gasteiger partial charge in [0.05, 0.1) is 39.1 Å². The van der Waals surface area contributed by atoms with E-state index in [4.69, 9.17) is 18.9 Å². The lowest BCUT2D eigenvalue weighted by atomic mass is 10.0. The Morgan fingerprint density at radius 2 is 1.55 bits per heavy atom. The Morgan fingerprint density at radius 1 is 0.848 bits per heavy atom. The summed E-state index contributed by atoms with van der Waals surface area (Å²) >= 11 is 0. The minimum Gasteiger partial charge on any atom is -0.493 e. The number of benzene rings is 3. The van der Waals surface area contributed by atoms with Crippen molar-refractivity contribution < 1.29 is 23.7 Å². The molecule has 0 saturated carbocycles. The molecule has 0 saturated heterocycles. The maximum Gasteiger partial charge on any atom is 0.207 e. The molecule has 0 aromatic heterocycles. The third-order valence-corrected chi connectivity index (χ3v) is 5.14. The lowest BCUT2D eigenvalue weighted by Crippen LogP contribution is -2.10. The number of ketones is 1. The molecule has 0 amide bonds. The highest BCUT2D eigenvalue weighted by molar-refractivity contribution is 6.36. The first-order valence-corrected chi connectivity index (χ1v) is 10.7. The third kappa shape index (κ3) is 6.13. The zero-order chi connectivity index (χ0) is 23.6. The van der Waals surface area contributed by atoms with Gasteiger partial charge in [-0.15, -0.1) is 0 Å². The van der Waals surface area contributed by atoms with Gasteiger partial charge < -0.3 is 18.9 Å². The maximum atomic E-state index is 12.9. The predicted molar refractivity (Wildman–Crippen MR) is 129 cm³/mol. The van der Waals surface area contributed by atoms with Crippen LogP contribution >= 0.6 is 0 Å². The molecule has 1 atom stereocenters. The van der Waals surface area contributed by atoms with E-state index in [1.54, 1.807) is 33.5 Å². The number of Topliss-reactive ketones (excluding diaryl/α,β-unsaturated/α-hetero) is 1. The van der Waals surface area contributed by atoms with Crippen LogP contribution in [-0.2, 0) is 13.0 Å². The van der Waals surface area contributed by atoms with Crippen molar-refractivity contribution in [3.63, 3.8) is 0 Å². The number of carbonyl (C=O) groups excluding carboxylic acids is 1. The highest BCUT2D eigenvalue weighted by atomic mass is 16.5. The summed E-state index contributed by atoms with van der Waals surface area (Å²) in [4.78, 5) is 17.3. The molecule has 6 heteroatoms. The molecule has 0 radical (unpaired) electrons. The molecule has 3 rings (SSSR count). The number of aliphatic imine (C=N–C) groups is 1. The Kier molecular flexibility index (Phi) is 8.47. The van der Waals surface area contributed by atoms with Gasteiger partial charge in [0.2, 0.25) is 11.5 Å². The molecular formula is C27H29NO5.